The number of carbonyl (C=O) groups excluding carboxylic acids is 2. The number of amides is 2. The Kier molecular flexibility index (Phi) is 6.51. The molecule has 0 saturated carbocycles. The van der Waals surface area contributed by atoms with E-state index in [2.05, 4.69) is 10.6 Å². The number of carbonyl (C=O) groups is 2. The van der Waals surface area contributed by atoms with Crippen molar-refractivity contribution in [1.82, 2.24) is 10.6 Å². The van der Waals surface area contributed by atoms with Gasteiger partial charge in [-0.05, 0) is 28.8 Å². The van der Waals surface area contributed by atoms with E-state index < -0.39 is 0 Å². The number of methoxy groups -OCH3 is 1. The standard InChI is InChI=1S/C19H22N2O3/c1-14(22)20-11-15-7-9-16(10-8-15)19(23)21-12-17-5-3-4-6-18(17)13-24-2/h3-10H,11-13H2,1-2H3,(H,20,22)(H,21,23). The van der Waals surface area contributed by atoms with Crippen LogP contribution in [0.1, 0.15) is 34.0 Å². The summed E-state index contributed by atoms with van der Waals surface area (Å²) in [7, 11) is 1.65. The van der Waals surface area contributed by atoms with E-state index in [0.717, 1.165) is 16.7 Å². The van der Waals surface area contributed by atoms with Crippen LogP contribution < -0.4 is 10.6 Å². The lowest BCUT2D eigenvalue weighted by Crippen LogP contribution is -2.23. The lowest BCUT2D eigenvalue weighted by molar-refractivity contribution is -0.119. The van der Waals surface area contributed by atoms with Crippen LogP contribution in [0.25, 0.3) is 0 Å². The first-order valence-corrected chi connectivity index (χ1v) is 7.77. The first-order chi connectivity index (χ1) is 11.6. The van der Waals surface area contributed by atoms with Crippen LogP contribution in [0.2, 0.25) is 0 Å². The van der Waals surface area contributed by atoms with Gasteiger partial charge in [-0.3, -0.25) is 9.59 Å². The lowest BCUT2D eigenvalue weighted by Gasteiger charge is -2.10. The van der Waals surface area contributed by atoms with Gasteiger partial charge in [-0.25, -0.2) is 0 Å². The molecule has 2 aromatic carbocycles. The maximum Gasteiger partial charge on any atom is 0.251 e. The van der Waals surface area contributed by atoms with Crippen molar-refractivity contribution in [1.29, 1.82) is 0 Å². The lowest BCUT2D eigenvalue weighted by atomic mass is 10.1. The molecule has 126 valence electrons. The van der Waals surface area contributed by atoms with Crippen LogP contribution in [0.3, 0.4) is 0 Å². The van der Waals surface area contributed by atoms with Crippen molar-refractivity contribution in [3.8, 4) is 0 Å². The molecule has 24 heavy (non-hydrogen) atoms. The van der Waals surface area contributed by atoms with Crippen molar-refractivity contribution < 1.29 is 14.3 Å². The first-order valence-electron chi connectivity index (χ1n) is 7.77. The van der Waals surface area contributed by atoms with Gasteiger partial charge in [-0.2, -0.15) is 0 Å². The molecule has 0 bridgehead atoms. The quantitative estimate of drug-likeness (QED) is 0.821. The molecule has 2 N–H and O–H groups in total. The third kappa shape index (κ3) is 5.21. The Balaban J connectivity index is 1.94. The van der Waals surface area contributed by atoms with E-state index in [1.807, 2.05) is 36.4 Å². The molecule has 0 aliphatic carbocycles. The predicted molar refractivity (Wildman–Crippen MR) is 92.3 cm³/mol. The highest BCUT2D eigenvalue weighted by molar-refractivity contribution is 5.94. The zero-order valence-corrected chi connectivity index (χ0v) is 14.0. The van der Waals surface area contributed by atoms with E-state index in [-0.39, 0.29) is 11.8 Å². The summed E-state index contributed by atoms with van der Waals surface area (Å²) in [6.45, 7) is 2.90. The Morgan fingerprint density at radius 2 is 1.58 bits per heavy atom. The summed E-state index contributed by atoms with van der Waals surface area (Å²) in [4.78, 5) is 23.2. The highest BCUT2D eigenvalue weighted by Crippen LogP contribution is 2.10. The molecule has 0 heterocycles. The maximum atomic E-state index is 12.3. The van der Waals surface area contributed by atoms with Crippen molar-refractivity contribution in [3.63, 3.8) is 0 Å². The number of benzene rings is 2. The zero-order chi connectivity index (χ0) is 17.4. The topological polar surface area (TPSA) is 67.4 Å². The van der Waals surface area contributed by atoms with Crippen molar-refractivity contribution in [2.45, 2.75) is 26.6 Å². The van der Waals surface area contributed by atoms with E-state index in [1.165, 1.54) is 6.92 Å². The van der Waals surface area contributed by atoms with Gasteiger partial charge >= 0.3 is 0 Å². The van der Waals surface area contributed by atoms with Crippen molar-refractivity contribution in [2.75, 3.05) is 7.11 Å². The average molecular weight is 326 g/mol. The molecule has 0 spiro atoms. The molecule has 0 fully saturated rings. The molecule has 0 aromatic heterocycles. The van der Waals surface area contributed by atoms with Crippen molar-refractivity contribution >= 4 is 11.8 Å². The summed E-state index contributed by atoms with van der Waals surface area (Å²) in [6, 6.07) is 15.0. The van der Waals surface area contributed by atoms with Crippen molar-refractivity contribution in [2.24, 2.45) is 0 Å². The van der Waals surface area contributed by atoms with Crippen LogP contribution in [0.15, 0.2) is 48.5 Å². The van der Waals surface area contributed by atoms with Gasteiger partial charge < -0.3 is 15.4 Å². The minimum Gasteiger partial charge on any atom is -0.380 e. The largest absolute Gasteiger partial charge is 0.380 e. The van der Waals surface area contributed by atoms with Gasteiger partial charge in [0.2, 0.25) is 5.91 Å². The Bertz CT molecular complexity index is 696. The number of hydrogen-bond acceptors (Lipinski definition) is 3. The third-order valence-corrected chi connectivity index (χ3v) is 3.62. The van der Waals surface area contributed by atoms with Gasteiger partial charge in [0.15, 0.2) is 0 Å². The minimum atomic E-state index is -0.131. The number of rotatable bonds is 7. The van der Waals surface area contributed by atoms with Gasteiger partial charge in [0.1, 0.15) is 0 Å². The smallest absolute Gasteiger partial charge is 0.251 e. The molecule has 5 nitrogen and oxygen atoms in total. The third-order valence-electron chi connectivity index (χ3n) is 3.62. The van der Waals surface area contributed by atoms with E-state index in [1.54, 1.807) is 19.2 Å². The molecule has 0 aliphatic heterocycles. The van der Waals surface area contributed by atoms with Crippen LogP contribution in [0.5, 0.6) is 0 Å². The number of nitrogens with one attached hydrogen (secondary N) is 2. The average Bonchev–Trinajstić information content (AvgIpc) is 2.59. The summed E-state index contributed by atoms with van der Waals surface area (Å²) >= 11 is 0. The summed E-state index contributed by atoms with van der Waals surface area (Å²) < 4.78 is 5.17. The molecular weight excluding hydrogens is 304 g/mol. The highest BCUT2D eigenvalue weighted by atomic mass is 16.5. The van der Waals surface area contributed by atoms with Crippen LogP contribution >= 0.6 is 0 Å². The summed E-state index contributed by atoms with van der Waals surface area (Å²) in [5.41, 5.74) is 3.64. The second kappa shape index (κ2) is 8.84. The van der Waals surface area contributed by atoms with Gasteiger partial charge in [0.25, 0.3) is 5.91 Å². The van der Waals surface area contributed by atoms with E-state index >= 15 is 0 Å². The van der Waals surface area contributed by atoms with Crippen molar-refractivity contribution in [3.05, 3.63) is 70.8 Å². The van der Waals surface area contributed by atoms with E-state index in [0.29, 0.717) is 25.3 Å². The molecule has 0 radical (unpaired) electrons. The summed E-state index contributed by atoms with van der Waals surface area (Å²) in [5.74, 6) is -0.208. The Morgan fingerprint density at radius 1 is 0.917 bits per heavy atom. The fourth-order valence-electron chi connectivity index (χ4n) is 2.30. The SMILES string of the molecule is COCc1ccccc1CNC(=O)c1ccc(CNC(C)=O)cc1. The monoisotopic (exact) mass is 326 g/mol. The van der Waals surface area contributed by atoms with E-state index in [4.69, 9.17) is 4.74 Å². The normalized spacial score (nSPS) is 10.2. The molecule has 0 unspecified atom stereocenters. The fourth-order valence-corrected chi connectivity index (χ4v) is 2.30. The second-order valence-corrected chi connectivity index (χ2v) is 5.49. The molecule has 2 aromatic rings. The molecule has 0 aliphatic rings. The molecule has 2 amide bonds. The molecular formula is C19H22N2O3. The molecule has 2 rings (SSSR count). The Labute approximate surface area is 142 Å². The van der Waals surface area contributed by atoms with E-state index in [9.17, 15) is 9.59 Å². The predicted octanol–water partition coefficient (Wildman–Crippen LogP) is 2.40. The van der Waals surface area contributed by atoms with Gasteiger partial charge in [0, 0.05) is 32.7 Å². The Hall–Kier alpha value is -2.66. The van der Waals surface area contributed by atoms with Gasteiger partial charge in [-0.1, -0.05) is 36.4 Å². The second-order valence-electron chi connectivity index (χ2n) is 5.49. The van der Waals surface area contributed by atoms with Gasteiger partial charge in [-0.15, -0.1) is 0 Å². The molecule has 0 atom stereocenters. The fraction of sp³-hybridized carbons (Fsp3) is 0.263. The minimum absolute atomic E-state index is 0.0773. The highest BCUT2D eigenvalue weighted by Gasteiger charge is 2.07. The van der Waals surface area contributed by atoms with Gasteiger partial charge in [0.05, 0.1) is 6.61 Å². The molecule has 0 saturated heterocycles. The Morgan fingerprint density at radius 3 is 2.21 bits per heavy atom. The first kappa shape index (κ1) is 17.7. The van der Waals surface area contributed by atoms with Crippen LogP contribution in [0, 0.1) is 0 Å². The molecule has 5 heteroatoms. The summed E-state index contributed by atoms with van der Waals surface area (Å²) in [5, 5.41) is 5.64. The zero-order valence-electron chi connectivity index (χ0n) is 14.0. The van der Waals surface area contributed by atoms with Crippen LogP contribution in [-0.2, 0) is 29.2 Å². The maximum absolute atomic E-state index is 12.3. The number of hydrogen-bond donors (Lipinski definition) is 2. The van der Waals surface area contributed by atoms with Crippen LogP contribution in [0.4, 0.5) is 0 Å². The number of ether oxygens (including phenoxy) is 1. The summed E-state index contributed by atoms with van der Waals surface area (Å²) in [6.07, 6.45) is 0. The van der Waals surface area contributed by atoms with Crippen LogP contribution in [-0.4, -0.2) is 18.9 Å².